The molecule has 17 heavy (non-hydrogen) atoms. The molecular formula is C14H24O3. The summed E-state index contributed by atoms with van der Waals surface area (Å²) in [5, 5.41) is 10.6. The SMILES string of the molecule is C=C(C)C(=O)OC1CCCCC1(O)CCCC. The van der Waals surface area contributed by atoms with Crippen molar-refractivity contribution in [3.63, 3.8) is 0 Å². The second kappa shape index (κ2) is 6.20. The van der Waals surface area contributed by atoms with Gasteiger partial charge in [-0.2, -0.15) is 0 Å². The molecule has 1 aliphatic rings. The monoisotopic (exact) mass is 240 g/mol. The van der Waals surface area contributed by atoms with Gasteiger partial charge in [0.2, 0.25) is 0 Å². The van der Waals surface area contributed by atoms with Gasteiger partial charge in [-0.1, -0.05) is 32.8 Å². The molecule has 0 heterocycles. The third kappa shape index (κ3) is 3.84. The standard InChI is InChI=1S/C14H24O3/c1-4-5-9-14(16)10-7-6-8-12(14)17-13(15)11(2)3/h12,16H,2,4-10H2,1,3H3. The van der Waals surface area contributed by atoms with Crippen LogP contribution in [-0.2, 0) is 9.53 Å². The number of aliphatic hydroxyl groups is 1. The lowest BCUT2D eigenvalue weighted by Gasteiger charge is -2.39. The number of carbonyl (C=O) groups excluding carboxylic acids is 1. The fourth-order valence-electron chi connectivity index (χ4n) is 2.36. The maximum atomic E-state index is 11.5. The van der Waals surface area contributed by atoms with Crippen molar-refractivity contribution in [1.82, 2.24) is 0 Å². The number of hydrogen-bond acceptors (Lipinski definition) is 3. The molecule has 0 saturated heterocycles. The molecule has 0 spiro atoms. The fraction of sp³-hybridized carbons (Fsp3) is 0.786. The highest BCUT2D eigenvalue weighted by atomic mass is 16.6. The van der Waals surface area contributed by atoms with Crippen molar-refractivity contribution in [3.05, 3.63) is 12.2 Å². The third-order valence-corrected chi connectivity index (χ3v) is 3.49. The average molecular weight is 240 g/mol. The van der Waals surface area contributed by atoms with Gasteiger partial charge >= 0.3 is 5.97 Å². The Morgan fingerprint density at radius 1 is 1.53 bits per heavy atom. The predicted molar refractivity (Wildman–Crippen MR) is 67.6 cm³/mol. The number of carbonyl (C=O) groups is 1. The van der Waals surface area contributed by atoms with Crippen molar-refractivity contribution < 1.29 is 14.6 Å². The molecule has 0 aromatic carbocycles. The van der Waals surface area contributed by atoms with E-state index >= 15 is 0 Å². The topological polar surface area (TPSA) is 46.5 Å². The maximum Gasteiger partial charge on any atom is 0.333 e. The smallest absolute Gasteiger partial charge is 0.333 e. The minimum atomic E-state index is -0.820. The van der Waals surface area contributed by atoms with E-state index in [1.807, 2.05) is 0 Å². The number of esters is 1. The minimum absolute atomic E-state index is 0.355. The first kappa shape index (κ1) is 14.2. The third-order valence-electron chi connectivity index (χ3n) is 3.49. The van der Waals surface area contributed by atoms with Crippen LogP contribution >= 0.6 is 0 Å². The van der Waals surface area contributed by atoms with Crippen LogP contribution in [-0.4, -0.2) is 22.8 Å². The Morgan fingerprint density at radius 2 is 2.24 bits per heavy atom. The molecule has 0 radical (unpaired) electrons. The Kier molecular flexibility index (Phi) is 5.19. The molecule has 3 heteroatoms. The van der Waals surface area contributed by atoms with E-state index in [0.29, 0.717) is 5.57 Å². The Balaban J connectivity index is 2.64. The molecular weight excluding hydrogens is 216 g/mol. The van der Waals surface area contributed by atoms with E-state index in [0.717, 1.165) is 44.9 Å². The van der Waals surface area contributed by atoms with Crippen LogP contribution in [0.1, 0.15) is 58.8 Å². The summed E-state index contributed by atoms with van der Waals surface area (Å²) < 4.78 is 5.38. The largest absolute Gasteiger partial charge is 0.456 e. The summed E-state index contributed by atoms with van der Waals surface area (Å²) in [7, 11) is 0. The highest BCUT2D eigenvalue weighted by molar-refractivity contribution is 5.87. The van der Waals surface area contributed by atoms with E-state index in [1.54, 1.807) is 6.92 Å². The van der Waals surface area contributed by atoms with E-state index in [2.05, 4.69) is 13.5 Å². The first-order chi connectivity index (χ1) is 7.99. The number of rotatable bonds is 5. The van der Waals surface area contributed by atoms with Gasteiger partial charge in [-0.05, 0) is 32.6 Å². The Bertz CT molecular complexity index is 285. The van der Waals surface area contributed by atoms with Gasteiger partial charge in [-0.3, -0.25) is 0 Å². The van der Waals surface area contributed by atoms with Gasteiger partial charge in [0.05, 0.1) is 0 Å². The van der Waals surface area contributed by atoms with E-state index < -0.39 is 5.60 Å². The van der Waals surface area contributed by atoms with Crippen LogP contribution in [0.2, 0.25) is 0 Å². The molecule has 0 bridgehead atoms. The Labute approximate surface area is 104 Å². The highest BCUT2D eigenvalue weighted by Crippen LogP contribution is 2.35. The summed E-state index contributed by atoms with van der Waals surface area (Å²) in [6.07, 6.45) is 5.91. The van der Waals surface area contributed by atoms with Crippen molar-refractivity contribution in [1.29, 1.82) is 0 Å². The van der Waals surface area contributed by atoms with Gasteiger partial charge in [-0.25, -0.2) is 4.79 Å². The van der Waals surface area contributed by atoms with Crippen LogP contribution in [0.25, 0.3) is 0 Å². The molecule has 1 aliphatic carbocycles. The molecule has 0 aliphatic heterocycles. The summed E-state index contributed by atoms with van der Waals surface area (Å²) >= 11 is 0. The molecule has 1 N–H and O–H groups in total. The van der Waals surface area contributed by atoms with Gasteiger partial charge in [0.1, 0.15) is 11.7 Å². The van der Waals surface area contributed by atoms with E-state index in [4.69, 9.17) is 4.74 Å². The average Bonchev–Trinajstić information content (AvgIpc) is 2.29. The molecule has 1 rings (SSSR count). The first-order valence-electron chi connectivity index (χ1n) is 6.58. The van der Waals surface area contributed by atoms with Gasteiger partial charge in [0.15, 0.2) is 0 Å². The zero-order chi connectivity index (χ0) is 12.9. The van der Waals surface area contributed by atoms with Crippen LogP contribution in [0.4, 0.5) is 0 Å². The minimum Gasteiger partial charge on any atom is -0.456 e. The number of hydrogen-bond donors (Lipinski definition) is 1. The predicted octanol–water partition coefficient (Wildman–Crippen LogP) is 2.97. The van der Waals surface area contributed by atoms with Crippen LogP contribution in [0.3, 0.4) is 0 Å². The molecule has 98 valence electrons. The molecule has 1 saturated carbocycles. The van der Waals surface area contributed by atoms with Gasteiger partial charge in [0.25, 0.3) is 0 Å². The zero-order valence-electron chi connectivity index (χ0n) is 11.0. The van der Waals surface area contributed by atoms with Crippen molar-refractivity contribution in [2.75, 3.05) is 0 Å². The summed E-state index contributed by atoms with van der Waals surface area (Å²) in [6.45, 7) is 7.31. The lowest BCUT2D eigenvalue weighted by molar-refractivity contribution is -0.168. The Morgan fingerprint density at radius 3 is 2.82 bits per heavy atom. The van der Waals surface area contributed by atoms with Gasteiger partial charge in [0, 0.05) is 5.57 Å². The van der Waals surface area contributed by atoms with Crippen molar-refractivity contribution in [3.8, 4) is 0 Å². The molecule has 0 aromatic rings. The molecule has 0 aromatic heterocycles. The van der Waals surface area contributed by atoms with Gasteiger partial charge in [-0.15, -0.1) is 0 Å². The summed E-state index contributed by atoms with van der Waals surface area (Å²) in [4.78, 5) is 11.5. The Hall–Kier alpha value is -0.830. The fourth-order valence-corrected chi connectivity index (χ4v) is 2.36. The normalized spacial score (nSPS) is 28.8. The number of ether oxygens (including phenoxy) is 1. The summed E-state index contributed by atoms with van der Waals surface area (Å²) in [5.74, 6) is -0.383. The molecule has 1 fully saturated rings. The quantitative estimate of drug-likeness (QED) is 0.593. The van der Waals surface area contributed by atoms with Crippen LogP contribution in [0.15, 0.2) is 12.2 Å². The molecule has 0 amide bonds. The summed E-state index contributed by atoms with van der Waals surface area (Å²) in [6, 6.07) is 0. The van der Waals surface area contributed by atoms with Crippen LogP contribution < -0.4 is 0 Å². The molecule has 2 atom stereocenters. The number of unbranched alkanes of at least 4 members (excludes halogenated alkanes) is 1. The lowest BCUT2D eigenvalue weighted by Crippen LogP contribution is -2.47. The van der Waals surface area contributed by atoms with Crippen molar-refractivity contribution in [2.24, 2.45) is 0 Å². The van der Waals surface area contributed by atoms with Gasteiger partial charge < -0.3 is 9.84 Å². The van der Waals surface area contributed by atoms with Crippen molar-refractivity contribution in [2.45, 2.75) is 70.5 Å². The van der Waals surface area contributed by atoms with Crippen molar-refractivity contribution >= 4 is 5.97 Å². The molecule has 3 nitrogen and oxygen atoms in total. The molecule has 2 unspecified atom stereocenters. The van der Waals surface area contributed by atoms with Crippen LogP contribution in [0.5, 0.6) is 0 Å². The maximum absolute atomic E-state index is 11.5. The van der Waals surface area contributed by atoms with E-state index in [1.165, 1.54) is 0 Å². The second-order valence-electron chi connectivity index (χ2n) is 5.13. The zero-order valence-corrected chi connectivity index (χ0v) is 11.0. The summed E-state index contributed by atoms with van der Waals surface area (Å²) in [5.41, 5.74) is -0.423. The van der Waals surface area contributed by atoms with E-state index in [-0.39, 0.29) is 12.1 Å². The lowest BCUT2D eigenvalue weighted by atomic mass is 9.79. The first-order valence-corrected chi connectivity index (χ1v) is 6.58. The van der Waals surface area contributed by atoms with E-state index in [9.17, 15) is 9.90 Å². The highest BCUT2D eigenvalue weighted by Gasteiger charge is 2.40. The van der Waals surface area contributed by atoms with Crippen LogP contribution in [0, 0.1) is 0 Å². The second-order valence-corrected chi connectivity index (χ2v) is 5.13.